The Kier molecular flexibility index (Phi) is 8.82. The Labute approximate surface area is 220 Å². The first-order valence-electron chi connectivity index (χ1n) is 12.4. The number of rotatable bonds is 9. The van der Waals surface area contributed by atoms with Crippen molar-refractivity contribution in [1.29, 1.82) is 0 Å². The molecule has 0 unspecified atom stereocenters. The van der Waals surface area contributed by atoms with Crippen LogP contribution < -0.4 is 9.47 Å². The fourth-order valence-electron chi connectivity index (χ4n) is 3.98. The van der Waals surface area contributed by atoms with E-state index < -0.39 is 5.97 Å². The van der Waals surface area contributed by atoms with Gasteiger partial charge in [-0.2, -0.15) is 0 Å². The number of methoxy groups -OCH3 is 1. The van der Waals surface area contributed by atoms with Crippen molar-refractivity contribution in [3.05, 3.63) is 89.0 Å². The summed E-state index contributed by atoms with van der Waals surface area (Å²) in [6, 6.07) is 20.1. The van der Waals surface area contributed by atoms with E-state index in [9.17, 15) is 4.79 Å². The second kappa shape index (κ2) is 11.7. The Morgan fingerprint density at radius 3 is 2.16 bits per heavy atom. The monoisotopic (exact) mass is 502 g/mol. The maximum Gasteiger partial charge on any atom is 0.328 e. The van der Waals surface area contributed by atoms with E-state index in [4.69, 9.17) is 19.3 Å². The highest BCUT2D eigenvalue weighted by atomic mass is 16.7. The minimum Gasteiger partial charge on any atom is -0.488 e. The summed E-state index contributed by atoms with van der Waals surface area (Å²) < 4.78 is 17.8. The lowest BCUT2D eigenvalue weighted by molar-refractivity contribution is -0.131. The molecule has 196 valence electrons. The Bertz CT molecular complexity index is 1240. The lowest BCUT2D eigenvalue weighted by Crippen LogP contribution is -2.18. The molecule has 1 N–H and O–H groups in total. The van der Waals surface area contributed by atoms with Gasteiger partial charge in [0, 0.05) is 29.9 Å². The van der Waals surface area contributed by atoms with E-state index in [-0.39, 0.29) is 17.6 Å². The lowest BCUT2D eigenvalue weighted by atomic mass is 9.78. The Balaban J connectivity index is 2.31. The second-order valence-corrected chi connectivity index (χ2v) is 11.2. The summed E-state index contributed by atoms with van der Waals surface area (Å²) in [6.45, 7) is 13.6. The number of aliphatic carboxylic acids is 1. The van der Waals surface area contributed by atoms with E-state index in [1.165, 1.54) is 5.56 Å². The predicted octanol–water partition coefficient (Wildman–Crippen LogP) is 7.61. The van der Waals surface area contributed by atoms with Crippen molar-refractivity contribution in [3.8, 4) is 22.6 Å². The van der Waals surface area contributed by atoms with E-state index in [2.05, 4.69) is 53.7 Å². The van der Waals surface area contributed by atoms with E-state index in [1.54, 1.807) is 13.2 Å². The molecule has 0 saturated heterocycles. The lowest BCUT2D eigenvalue weighted by Gasteiger charge is -2.30. The summed E-state index contributed by atoms with van der Waals surface area (Å²) in [5.41, 5.74) is 5.47. The largest absolute Gasteiger partial charge is 0.488 e. The van der Waals surface area contributed by atoms with Crippen molar-refractivity contribution >= 4 is 12.0 Å². The third-order valence-electron chi connectivity index (χ3n) is 6.03. The molecule has 0 radical (unpaired) electrons. The standard InChI is InChI=1S/C32H38O5/c1-31(2,3)24-18-26(25-17-22(14-16-29(33)34)13-15-28(25)37-21-35-7)30(27(19-24)32(4,5)6)36-20-23-11-9-8-10-12-23/h8-19H,20-21H2,1-7H3,(H,33,34)/b16-14+. The third kappa shape index (κ3) is 7.46. The van der Waals surface area contributed by atoms with E-state index in [0.717, 1.165) is 39.6 Å². The molecular formula is C32H38O5. The number of carboxylic acid groups (broad SMARTS) is 1. The maximum atomic E-state index is 11.2. The van der Waals surface area contributed by atoms with Crippen molar-refractivity contribution in [2.24, 2.45) is 0 Å². The molecule has 0 amide bonds. The van der Waals surface area contributed by atoms with E-state index in [1.807, 2.05) is 48.5 Å². The number of ether oxygens (including phenoxy) is 3. The Morgan fingerprint density at radius 1 is 0.865 bits per heavy atom. The summed E-state index contributed by atoms with van der Waals surface area (Å²) in [5, 5.41) is 9.16. The van der Waals surface area contributed by atoms with E-state index >= 15 is 0 Å². The predicted molar refractivity (Wildman–Crippen MR) is 149 cm³/mol. The smallest absolute Gasteiger partial charge is 0.328 e. The molecule has 37 heavy (non-hydrogen) atoms. The van der Waals surface area contributed by atoms with Crippen LogP contribution in [0.15, 0.2) is 66.7 Å². The molecule has 5 nitrogen and oxygen atoms in total. The minimum absolute atomic E-state index is 0.0859. The highest BCUT2D eigenvalue weighted by Crippen LogP contribution is 2.46. The minimum atomic E-state index is -1.00. The Morgan fingerprint density at radius 2 is 1.57 bits per heavy atom. The van der Waals surface area contributed by atoms with Crippen molar-refractivity contribution in [3.63, 3.8) is 0 Å². The summed E-state index contributed by atoms with van der Waals surface area (Å²) in [6.07, 6.45) is 2.71. The molecule has 0 atom stereocenters. The topological polar surface area (TPSA) is 65.0 Å². The molecule has 0 heterocycles. The van der Waals surface area contributed by atoms with Gasteiger partial charge in [-0.05, 0) is 51.8 Å². The number of carboxylic acids is 1. The van der Waals surface area contributed by atoms with Gasteiger partial charge in [-0.1, -0.05) is 84.0 Å². The number of benzene rings is 3. The average molecular weight is 503 g/mol. The number of hydrogen-bond acceptors (Lipinski definition) is 4. The van der Waals surface area contributed by atoms with Crippen molar-refractivity contribution < 1.29 is 24.1 Å². The van der Waals surface area contributed by atoms with Crippen LogP contribution in [-0.4, -0.2) is 25.0 Å². The first kappa shape index (κ1) is 28.0. The zero-order chi connectivity index (χ0) is 27.2. The summed E-state index contributed by atoms with van der Waals surface area (Å²) in [4.78, 5) is 11.2. The molecule has 0 spiro atoms. The zero-order valence-corrected chi connectivity index (χ0v) is 22.9. The molecule has 3 rings (SSSR count). The molecule has 3 aromatic rings. The highest BCUT2D eigenvalue weighted by Gasteiger charge is 2.28. The van der Waals surface area contributed by atoms with Gasteiger partial charge in [0.05, 0.1) is 0 Å². The molecule has 0 aromatic heterocycles. The first-order valence-corrected chi connectivity index (χ1v) is 12.4. The van der Waals surface area contributed by atoms with Gasteiger partial charge in [0.15, 0.2) is 6.79 Å². The average Bonchev–Trinajstić information content (AvgIpc) is 2.84. The number of hydrogen-bond donors (Lipinski definition) is 1. The summed E-state index contributed by atoms with van der Waals surface area (Å²) >= 11 is 0. The highest BCUT2D eigenvalue weighted by molar-refractivity contribution is 5.86. The van der Waals surface area contributed by atoms with Gasteiger partial charge in [-0.15, -0.1) is 0 Å². The summed E-state index contributed by atoms with van der Waals surface area (Å²) in [7, 11) is 1.58. The first-order chi connectivity index (χ1) is 17.4. The van der Waals surface area contributed by atoms with Gasteiger partial charge in [-0.25, -0.2) is 4.79 Å². The molecule has 0 bridgehead atoms. The molecule has 0 fully saturated rings. The van der Waals surface area contributed by atoms with Crippen LogP contribution in [-0.2, 0) is 27.0 Å². The fourth-order valence-corrected chi connectivity index (χ4v) is 3.98. The van der Waals surface area contributed by atoms with Crippen LogP contribution in [0, 0.1) is 0 Å². The van der Waals surface area contributed by atoms with Crippen LogP contribution in [0.4, 0.5) is 0 Å². The van der Waals surface area contributed by atoms with Crippen LogP contribution in [0.2, 0.25) is 0 Å². The fraction of sp³-hybridized carbons (Fsp3) is 0.344. The second-order valence-electron chi connectivity index (χ2n) is 11.2. The molecule has 3 aromatic carbocycles. The molecule has 0 aliphatic carbocycles. The molecule has 0 aliphatic rings. The van der Waals surface area contributed by atoms with Crippen molar-refractivity contribution in [2.45, 2.75) is 59.0 Å². The molecule has 5 heteroatoms. The van der Waals surface area contributed by atoms with Gasteiger partial charge >= 0.3 is 5.97 Å². The van der Waals surface area contributed by atoms with Gasteiger partial charge in [0.25, 0.3) is 0 Å². The van der Waals surface area contributed by atoms with Crippen LogP contribution in [0.5, 0.6) is 11.5 Å². The van der Waals surface area contributed by atoms with Gasteiger partial charge in [0.1, 0.15) is 18.1 Å². The van der Waals surface area contributed by atoms with Crippen LogP contribution in [0.3, 0.4) is 0 Å². The molecule has 0 saturated carbocycles. The van der Waals surface area contributed by atoms with Gasteiger partial charge < -0.3 is 19.3 Å². The molecular weight excluding hydrogens is 464 g/mol. The normalized spacial score (nSPS) is 12.1. The number of carbonyl (C=O) groups is 1. The van der Waals surface area contributed by atoms with Gasteiger partial charge in [-0.3, -0.25) is 0 Å². The van der Waals surface area contributed by atoms with Crippen molar-refractivity contribution in [1.82, 2.24) is 0 Å². The van der Waals surface area contributed by atoms with Crippen LogP contribution >= 0.6 is 0 Å². The Hall–Kier alpha value is -3.57. The third-order valence-corrected chi connectivity index (χ3v) is 6.03. The van der Waals surface area contributed by atoms with E-state index in [0.29, 0.717) is 12.4 Å². The quantitative estimate of drug-likeness (QED) is 0.241. The molecule has 0 aliphatic heterocycles. The zero-order valence-electron chi connectivity index (χ0n) is 22.9. The summed E-state index contributed by atoms with van der Waals surface area (Å²) in [5.74, 6) is 0.411. The van der Waals surface area contributed by atoms with Gasteiger partial charge in [0.2, 0.25) is 0 Å². The maximum absolute atomic E-state index is 11.2. The van der Waals surface area contributed by atoms with Crippen molar-refractivity contribution in [2.75, 3.05) is 13.9 Å². The van der Waals surface area contributed by atoms with Crippen LogP contribution in [0.25, 0.3) is 17.2 Å². The SMILES string of the molecule is COCOc1ccc(/C=C/C(=O)O)cc1-c1cc(C(C)(C)C)cc(C(C)(C)C)c1OCc1ccccc1. The van der Waals surface area contributed by atoms with Crippen LogP contribution in [0.1, 0.15) is 63.8 Å².